The number of alkyl halides is 3. The number of hydrogen-bond acceptors (Lipinski definition) is 3. The summed E-state index contributed by atoms with van der Waals surface area (Å²) in [5.41, 5.74) is -0.145. The maximum atomic E-state index is 13.0. The van der Waals surface area contributed by atoms with E-state index in [4.69, 9.17) is 0 Å². The standard InChI is InChI=1S/C37H22F3NO3S/c38-37(39,40)45(42,43)44-26-16-18-30-29-17-14-23(20-32(29)27-10-4-5-11-28(27)33(30)22-26)24-15-19-36-34(21-24)31-12-6-7-13-35(31)41(36)25-8-2-1-3-9-25/h1-22H. The van der Waals surface area contributed by atoms with Gasteiger partial charge in [-0.3, -0.25) is 0 Å². The van der Waals surface area contributed by atoms with E-state index in [-0.39, 0.29) is 0 Å². The molecule has 0 spiro atoms. The average Bonchev–Trinajstić information content (AvgIpc) is 3.38. The van der Waals surface area contributed by atoms with Gasteiger partial charge in [-0.2, -0.15) is 21.6 Å². The van der Waals surface area contributed by atoms with Crippen molar-refractivity contribution in [1.82, 2.24) is 4.57 Å². The molecule has 0 radical (unpaired) electrons. The van der Waals surface area contributed by atoms with E-state index in [0.717, 1.165) is 65.6 Å². The molecule has 0 atom stereocenters. The highest BCUT2D eigenvalue weighted by molar-refractivity contribution is 7.88. The number of fused-ring (bicyclic) bond motifs is 9. The molecule has 8 aromatic rings. The molecule has 8 rings (SSSR count). The lowest BCUT2D eigenvalue weighted by Crippen LogP contribution is -2.28. The van der Waals surface area contributed by atoms with E-state index >= 15 is 0 Å². The minimum Gasteiger partial charge on any atom is -0.376 e. The third-order valence-corrected chi connectivity index (χ3v) is 9.30. The third kappa shape index (κ3) is 4.32. The minimum atomic E-state index is -5.80. The Morgan fingerprint density at radius 3 is 1.69 bits per heavy atom. The van der Waals surface area contributed by atoms with Gasteiger partial charge in [0.05, 0.1) is 11.0 Å². The summed E-state index contributed by atoms with van der Waals surface area (Å²) in [6, 6.07) is 43.1. The van der Waals surface area contributed by atoms with Crippen LogP contribution in [0.2, 0.25) is 0 Å². The number of nitrogens with zero attached hydrogens (tertiary/aromatic N) is 1. The third-order valence-electron chi connectivity index (χ3n) is 8.32. The largest absolute Gasteiger partial charge is 0.534 e. The molecule has 0 amide bonds. The minimum absolute atomic E-state index is 0.399. The van der Waals surface area contributed by atoms with E-state index in [1.807, 2.05) is 66.7 Å². The van der Waals surface area contributed by atoms with Crippen molar-refractivity contribution in [3.8, 4) is 22.6 Å². The Bertz CT molecular complexity index is 2550. The van der Waals surface area contributed by atoms with E-state index in [0.29, 0.717) is 5.39 Å². The molecule has 0 aliphatic heterocycles. The van der Waals surface area contributed by atoms with Gasteiger partial charge in [-0.15, -0.1) is 0 Å². The first-order valence-corrected chi connectivity index (χ1v) is 15.6. The second-order valence-corrected chi connectivity index (χ2v) is 12.5. The van der Waals surface area contributed by atoms with Crippen molar-refractivity contribution in [2.45, 2.75) is 5.51 Å². The van der Waals surface area contributed by atoms with Gasteiger partial charge in [0.15, 0.2) is 0 Å². The first kappa shape index (κ1) is 27.2. The Morgan fingerprint density at radius 2 is 1.00 bits per heavy atom. The normalized spacial score (nSPS) is 12.5. The van der Waals surface area contributed by atoms with Crippen LogP contribution < -0.4 is 4.18 Å². The molecule has 0 N–H and O–H groups in total. The van der Waals surface area contributed by atoms with Gasteiger partial charge in [0.1, 0.15) is 5.75 Å². The lowest BCUT2D eigenvalue weighted by Gasteiger charge is -2.14. The van der Waals surface area contributed by atoms with Crippen LogP contribution in [0.15, 0.2) is 133 Å². The smallest absolute Gasteiger partial charge is 0.376 e. The van der Waals surface area contributed by atoms with Crippen LogP contribution in [0.25, 0.3) is 70.9 Å². The highest BCUT2D eigenvalue weighted by Gasteiger charge is 2.48. The van der Waals surface area contributed by atoms with E-state index < -0.39 is 21.4 Å². The highest BCUT2D eigenvalue weighted by atomic mass is 32.2. The zero-order valence-corrected chi connectivity index (χ0v) is 24.2. The summed E-state index contributed by atoms with van der Waals surface area (Å²) in [4.78, 5) is 0. The molecular weight excluding hydrogens is 595 g/mol. The summed E-state index contributed by atoms with van der Waals surface area (Å²) in [6.07, 6.45) is 0. The molecular formula is C37H22F3NO3S. The molecule has 0 fully saturated rings. The first-order chi connectivity index (χ1) is 21.7. The predicted octanol–water partition coefficient (Wildman–Crippen LogP) is 10.1. The maximum Gasteiger partial charge on any atom is 0.534 e. The lowest BCUT2D eigenvalue weighted by atomic mass is 9.91. The maximum absolute atomic E-state index is 13.0. The number of hydrogen-bond donors (Lipinski definition) is 0. The number of rotatable bonds is 4. The van der Waals surface area contributed by atoms with Crippen LogP contribution in [-0.4, -0.2) is 18.5 Å². The molecule has 0 saturated carbocycles. The molecule has 1 aromatic heterocycles. The van der Waals surface area contributed by atoms with Crippen LogP contribution in [-0.2, 0) is 10.1 Å². The Morgan fingerprint density at radius 1 is 0.489 bits per heavy atom. The Labute approximate surface area is 255 Å². The quantitative estimate of drug-likeness (QED) is 0.112. The van der Waals surface area contributed by atoms with Gasteiger partial charge in [-0.25, -0.2) is 0 Å². The second kappa shape index (κ2) is 9.84. The first-order valence-electron chi connectivity index (χ1n) is 14.2. The molecule has 7 aromatic carbocycles. The van der Waals surface area contributed by atoms with Gasteiger partial charge in [0.25, 0.3) is 0 Å². The van der Waals surface area contributed by atoms with Crippen LogP contribution >= 0.6 is 0 Å². The Kier molecular flexibility index (Phi) is 5.95. The fourth-order valence-electron chi connectivity index (χ4n) is 6.35. The van der Waals surface area contributed by atoms with Crippen LogP contribution in [0.5, 0.6) is 5.75 Å². The molecule has 0 aliphatic carbocycles. The van der Waals surface area contributed by atoms with Crippen molar-refractivity contribution in [2.75, 3.05) is 0 Å². The van der Waals surface area contributed by atoms with Crippen LogP contribution in [0.3, 0.4) is 0 Å². The van der Waals surface area contributed by atoms with Gasteiger partial charge >= 0.3 is 15.6 Å². The Balaban J connectivity index is 1.31. The summed E-state index contributed by atoms with van der Waals surface area (Å²) < 4.78 is 69.1. The summed E-state index contributed by atoms with van der Waals surface area (Å²) in [5, 5.41) is 7.17. The van der Waals surface area contributed by atoms with Gasteiger partial charge < -0.3 is 8.75 Å². The topological polar surface area (TPSA) is 48.3 Å². The van der Waals surface area contributed by atoms with Crippen molar-refractivity contribution in [1.29, 1.82) is 0 Å². The Hall–Kier alpha value is -5.34. The number of halogens is 3. The fourth-order valence-corrected chi connectivity index (χ4v) is 6.80. The van der Waals surface area contributed by atoms with E-state index in [9.17, 15) is 21.6 Å². The average molecular weight is 618 g/mol. The van der Waals surface area contributed by atoms with Crippen molar-refractivity contribution >= 4 is 64.2 Å². The van der Waals surface area contributed by atoms with E-state index in [2.05, 4.69) is 57.3 Å². The molecule has 8 heteroatoms. The highest BCUT2D eigenvalue weighted by Crippen LogP contribution is 2.40. The van der Waals surface area contributed by atoms with Crippen molar-refractivity contribution in [3.05, 3.63) is 133 Å². The summed E-state index contributed by atoms with van der Waals surface area (Å²) in [5.74, 6) is -0.399. The van der Waals surface area contributed by atoms with Crippen molar-refractivity contribution in [3.63, 3.8) is 0 Å². The zero-order valence-electron chi connectivity index (χ0n) is 23.4. The monoisotopic (exact) mass is 617 g/mol. The molecule has 0 unspecified atom stereocenters. The van der Waals surface area contributed by atoms with Crippen molar-refractivity contribution < 1.29 is 25.8 Å². The van der Waals surface area contributed by atoms with Crippen LogP contribution in [0.1, 0.15) is 0 Å². The predicted molar refractivity (Wildman–Crippen MR) is 174 cm³/mol. The fraction of sp³-hybridized carbons (Fsp3) is 0.0270. The molecule has 1 heterocycles. The van der Waals surface area contributed by atoms with E-state index in [1.54, 1.807) is 6.07 Å². The lowest BCUT2D eigenvalue weighted by molar-refractivity contribution is -0.0500. The molecule has 0 bridgehead atoms. The zero-order chi connectivity index (χ0) is 30.9. The van der Waals surface area contributed by atoms with E-state index in [1.165, 1.54) is 12.1 Å². The van der Waals surface area contributed by atoms with Gasteiger partial charge in [0, 0.05) is 16.5 Å². The summed E-state index contributed by atoms with van der Waals surface area (Å²) in [6.45, 7) is 0. The van der Waals surface area contributed by atoms with Gasteiger partial charge in [0.2, 0.25) is 0 Å². The molecule has 4 nitrogen and oxygen atoms in total. The number of benzene rings is 7. The van der Waals surface area contributed by atoms with Gasteiger partial charge in [-0.05, 0) is 98.0 Å². The molecule has 45 heavy (non-hydrogen) atoms. The molecule has 0 saturated heterocycles. The molecule has 0 aliphatic rings. The van der Waals surface area contributed by atoms with Crippen LogP contribution in [0.4, 0.5) is 13.2 Å². The summed E-state index contributed by atoms with van der Waals surface area (Å²) in [7, 11) is -5.80. The molecule has 220 valence electrons. The SMILES string of the molecule is O=S(=O)(Oc1ccc2c3ccc(-c4ccc5c(c4)c4ccccc4n5-c4ccccc4)cc3c3ccccc3c2c1)C(F)(F)F. The number of aromatic nitrogens is 1. The second-order valence-electron chi connectivity index (χ2n) is 10.9. The summed E-state index contributed by atoms with van der Waals surface area (Å²) >= 11 is 0. The van der Waals surface area contributed by atoms with Gasteiger partial charge in [-0.1, -0.05) is 78.9 Å². The van der Waals surface area contributed by atoms with Crippen molar-refractivity contribution in [2.24, 2.45) is 0 Å². The van der Waals surface area contributed by atoms with Crippen LogP contribution in [0, 0.1) is 0 Å². The number of para-hydroxylation sites is 2.